The Balaban J connectivity index is 3.83. The zero-order valence-electron chi connectivity index (χ0n) is 21.8. The van der Waals surface area contributed by atoms with Crippen LogP contribution in [0.4, 0.5) is 0 Å². The van der Waals surface area contributed by atoms with Gasteiger partial charge in [-0.05, 0) is 25.6 Å². The van der Waals surface area contributed by atoms with E-state index in [4.69, 9.17) is 40.7 Å². The Morgan fingerprint density at radius 2 is 1.50 bits per heavy atom. The topological polar surface area (TPSA) is 234 Å². The van der Waals surface area contributed by atoms with Gasteiger partial charge in [-0.1, -0.05) is 0 Å². The molecular formula is C18H29N4O8+. The molecule has 11 N–H and O–H groups in total. The maximum Gasteiger partial charge on any atom is 0.320 e. The first-order chi connectivity index (χ1) is 16.3. The highest BCUT2D eigenvalue weighted by atomic mass is 16.4. The zero-order valence-corrected chi connectivity index (χ0v) is 15.8. The van der Waals surface area contributed by atoms with Gasteiger partial charge in [0.05, 0.1) is 0 Å². The van der Waals surface area contributed by atoms with Crippen LogP contribution in [0.1, 0.15) is 38.6 Å². The van der Waals surface area contributed by atoms with Crippen LogP contribution in [-0.4, -0.2) is 67.7 Å². The Morgan fingerprint density at radius 3 is 2.03 bits per heavy atom. The van der Waals surface area contributed by atoms with Gasteiger partial charge in [-0.15, -0.1) is 0 Å². The standard InChI is InChI=1S/C18H28N4O8/c19-12(16(25)26)3-1-9-6-22(7-10(23)2-4-13(20)17(27)28)8-15(24)11(9)5-14(21)18(29)30/h6,8,10,12-14,23H,1-5,7,19-21H2,(H3-,24,25,26,27,28,29,30)/p+1/t10?,12-,13+,14+/m1/s1/i1D2,6D,7D2,8D. The minimum absolute atomic E-state index is 0.120. The van der Waals surface area contributed by atoms with E-state index in [1.165, 1.54) is 0 Å². The second-order valence-electron chi connectivity index (χ2n) is 6.40. The van der Waals surface area contributed by atoms with Crippen LogP contribution in [0.15, 0.2) is 12.3 Å². The highest BCUT2D eigenvalue weighted by molar-refractivity contribution is 5.74. The van der Waals surface area contributed by atoms with E-state index in [2.05, 4.69) is 0 Å². The van der Waals surface area contributed by atoms with Crippen LogP contribution < -0.4 is 21.8 Å². The number of aromatic nitrogens is 1. The van der Waals surface area contributed by atoms with E-state index in [0.717, 1.165) is 0 Å². The van der Waals surface area contributed by atoms with Gasteiger partial charge in [0.2, 0.25) is 6.17 Å². The highest BCUT2D eigenvalue weighted by Gasteiger charge is 2.24. The average molecular weight is 435 g/mol. The first kappa shape index (κ1) is 16.9. The third-order valence-electron chi connectivity index (χ3n) is 3.93. The first-order valence-electron chi connectivity index (χ1n) is 11.7. The summed E-state index contributed by atoms with van der Waals surface area (Å²) in [5.41, 5.74) is 14.7. The number of hydrogen-bond donors (Lipinski definition) is 8. The lowest BCUT2D eigenvalue weighted by molar-refractivity contribution is -0.704. The molecule has 4 atom stereocenters. The number of carbonyl (C=O) groups is 3. The summed E-state index contributed by atoms with van der Waals surface area (Å²) in [6, 6.07) is -5.05. The maximum absolute atomic E-state index is 11.3. The van der Waals surface area contributed by atoms with E-state index >= 15 is 0 Å². The van der Waals surface area contributed by atoms with Crippen molar-refractivity contribution < 1.29 is 52.7 Å². The van der Waals surface area contributed by atoms with Crippen molar-refractivity contribution in [2.75, 3.05) is 0 Å². The van der Waals surface area contributed by atoms with Gasteiger partial charge < -0.3 is 42.7 Å². The molecule has 1 heterocycles. The molecule has 1 unspecified atom stereocenters. The molecule has 0 fully saturated rings. The Hall–Kier alpha value is -2.80. The number of rotatable bonds is 13. The molecule has 12 heteroatoms. The van der Waals surface area contributed by atoms with Crippen molar-refractivity contribution in [1.82, 2.24) is 0 Å². The van der Waals surface area contributed by atoms with Gasteiger partial charge >= 0.3 is 17.9 Å². The average Bonchev–Trinajstić information content (AvgIpc) is 2.74. The summed E-state index contributed by atoms with van der Waals surface area (Å²) < 4.78 is 50.0. The molecule has 0 aliphatic carbocycles. The lowest BCUT2D eigenvalue weighted by Crippen LogP contribution is -2.41. The van der Waals surface area contributed by atoms with Gasteiger partial charge in [0, 0.05) is 20.3 Å². The molecule has 0 spiro atoms. The maximum atomic E-state index is 11.3. The van der Waals surface area contributed by atoms with Crippen molar-refractivity contribution >= 4 is 17.9 Å². The van der Waals surface area contributed by atoms with Crippen molar-refractivity contribution in [1.29, 1.82) is 0 Å². The monoisotopic (exact) mass is 435 g/mol. The molecular weight excluding hydrogens is 400 g/mol. The number of aliphatic carboxylic acids is 3. The summed E-state index contributed by atoms with van der Waals surface area (Å²) in [6.07, 6.45) is -10.1. The lowest BCUT2D eigenvalue weighted by atomic mass is 9.96. The van der Waals surface area contributed by atoms with E-state index in [9.17, 15) is 24.6 Å². The van der Waals surface area contributed by atoms with E-state index < -0.39 is 110 Å². The summed E-state index contributed by atoms with van der Waals surface area (Å²) in [5.74, 6) is -5.80. The van der Waals surface area contributed by atoms with Crippen LogP contribution in [0.2, 0.25) is 0 Å². The van der Waals surface area contributed by atoms with Crippen molar-refractivity contribution in [2.24, 2.45) is 17.2 Å². The molecule has 1 aromatic heterocycles. The molecule has 0 aliphatic heterocycles. The largest absolute Gasteiger partial charge is 0.503 e. The van der Waals surface area contributed by atoms with Gasteiger partial charge in [0.15, 0.2) is 18.4 Å². The lowest BCUT2D eigenvalue weighted by Gasteiger charge is -2.15. The Kier molecular flexibility index (Phi) is 6.44. The van der Waals surface area contributed by atoms with Crippen LogP contribution in [0.5, 0.6) is 5.75 Å². The fourth-order valence-corrected chi connectivity index (χ4v) is 2.19. The highest BCUT2D eigenvalue weighted by Crippen LogP contribution is 2.22. The van der Waals surface area contributed by atoms with Crippen molar-refractivity contribution in [3.8, 4) is 5.75 Å². The predicted molar refractivity (Wildman–Crippen MR) is 102 cm³/mol. The number of carboxylic acid groups (broad SMARTS) is 3. The molecule has 0 aliphatic rings. The van der Waals surface area contributed by atoms with Crippen LogP contribution in [0, 0.1) is 0 Å². The van der Waals surface area contributed by atoms with Crippen LogP contribution >= 0.6 is 0 Å². The molecule has 0 saturated heterocycles. The van der Waals surface area contributed by atoms with Crippen molar-refractivity contribution in [3.63, 3.8) is 0 Å². The van der Waals surface area contributed by atoms with Gasteiger partial charge in [0.25, 0.3) is 0 Å². The molecule has 1 rings (SSSR count). The summed E-state index contributed by atoms with van der Waals surface area (Å²) in [6.45, 7) is -3.11. The number of aliphatic hydroxyl groups excluding tert-OH is 1. The third kappa shape index (κ3) is 7.91. The predicted octanol–water partition coefficient (Wildman–Crippen LogP) is -2.47. The number of carboxylic acids is 3. The Bertz CT molecular complexity index is 1030. The molecule has 0 amide bonds. The minimum Gasteiger partial charge on any atom is -0.503 e. The molecule has 0 saturated carbocycles. The number of aromatic hydroxyl groups is 1. The Morgan fingerprint density at radius 1 is 0.967 bits per heavy atom. The van der Waals surface area contributed by atoms with Gasteiger partial charge in [-0.3, -0.25) is 14.4 Å². The number of hydrogen-bond acceptors (Lipinski definition) is 8. The van der Waals surface area contributed by atoms with Gasteiger partial charge in [-0.2, -0.15) is 4.57 Å². The van der Waals surface area contributed by atoms with Crippen molar-refractivity contribution in [3.05, 3.63) is 23.5 Å². The molecule has 0 aromatic carbocycles. The van der Waals surface area contributed by atoms with Crippen LogP contribution in [0.3, 0.4) is 0 Å². The van der Waals surface area contributed by atoms with E-state index in [0.29, 0.717) is 0 Å². The smallest absolute Gasteiger partial charge is 0.320 e. The quantitative estimate of drug-likeness (QED) is 0.151. The number of nitrogens with two attached hydrogens (primary N) is 3. The fourth-order valence-electron chi connectivity index (χ4n) is 2.19. The molecule has 1 aromatic rings. The summed E-state index contributed by atoms with van der Waals surface area (Å²) in [7, 11) is 0. The number of pyridine rings is 1. The van der Waals surface area contributed by atoms with E-state index in [1.807, 2.05) is 0 Å². The van der Waals surface area contributed by atoms with Crippen LogP contribution in [0.25, 0.3) is 0 Å². The van der Waals surface area contributed by atoms with Gasteiger partial charge in [-0.25, -0.2) is 0 Å². The fraction of sp³-hybridized carbons (Fsp3) is 0.556. The minimum atomic E-state index is -3.11. The molecule has 0 bridgehead atoms. The van der Waals surface area contributed by atoms with Crippen molar-refractivity contribution in [2.45, 2.75) is 62.8 Å². The van der Waals surface area contributed by atoms with Crippen LogP contribution in [-0.2, 0) is 33.7 Å². The summed E-state index contributed by atoms with van der Waals surface area (Å²) in [4.78, 5) is 33.4. The third-order valence-corrected chi connectivity index (χ3v) is 3.93. The second-order valence-corrected chi connectivity index (χ2v) is 6.40. The zero-order chi connectivity index (χ0) is 28.3. The van der Waals surface area contributed by atoms with Gasteiger partial charge in [0.1, 0.15) is 29.7 Å². The molecule has 30 heavy (non-hydrogen) atoms. The molecule has 0 radical (unpaired) electrons. The molecule has 12 nitrogen and oxygen atoms in total. The normalized spacial score (nSPS) is 19.1. The first-order valence-corrected chi connectivity index (χ1v) is 8.68. The summed E-state index contributed by atoms with van der Waals surface area (Å²) in [5, 5.41) is 48.2. The number of aliphatic hydroxyl groups is 1. The molecule has 168 valence electrons. The second kappa shape index (κ2) is 11.4. The van der Waals surface area contributed by atoms with E-state index in [-0.39, 0.29) is 4.57 Å². The van der Waals surface area contributed by atoms with E-state index in [1.54, 1.807) is 0 Å². The Labute approximate surface area is 181 Å². The summed E-state index contributed by atoms with van der Waals surface area (Å²) >= 11 is 0. The number of nitrogens with zero attached hydrogens (tertiary/aromatic N) is 1. The SMILES string of the molecule is [2H]c1c(O)c(C[C@H](N)C(=O)O)c(C([2H])([2H])C[C@@H](N)C(=O)O)c([2H])[n+]1C([2H])([2H])C(O)CC[C@H](N)C(=O)O.